The number of nitrogens with one attached hydrogen (secondary N) is 1. The first kappa shape index (κ1) is 16.9. The lowest BCUT2D eigenvalue weighted by Gasteiger charge is -2.29. The van der Waals surface area contributed by atoms with E-state index in [1.54, 1.807) is 6.20 Å². The molecule has 1 aromatic carbocycles. The molecule has 6 heteroatoms. The molecule has 128 valence electrons. The van der Waals surface area contributed by atoms with Gasteiger partial charge in [0.1, 0.15) is 0 Å². The van der Waals surface area contributed by atoms with Gasteiger partial charge in [0.2, 0.25) is 0 Å². The Kier molecular flexibility index (Phi) is 5.45. The van der Waals surface area contributed by atoms with Crippen LogP contribution in [0.1, 0.15) is 31.9 Å². The quantitative estimate of drug-likeness (QED) is 0.927. The Morgan fingerprint density at radius 1 is 1.33 bits per heavy atom. The molecule has 1 fully saturated rings. The maximum Gasteiger partial charge on any atom is 0.318 e. The van der Waals surface area contributed by atoms with Gasteiger partial charge in [-0.1, -0.05) is 18.2 Å². The van der Waals surface area contributed by atoms with Crippen molar-refractivity contribution < 1.29 is 4.79 Å². The zero-order chi connectivity index (χ0) is 16.9. The van der Waals surface area contributed by atoms with Gasteiger partial charge in [-0.3, -0.25) is 0 Å². The number of carbonyl (C=O) groups is 1. The summed E-state index contributed by atoms with van der Waals surface area (Å²) in [6.45, 7) is 4.97. The van der Waals surface area contributed by atoms with E-state index in [-0.39, 0.29) is 18.1 Å². The van der Waals surface area contributed by atoms with E-state index in [0.29, 0.717) is 0 Å². The number of amides is 2. The van der Waals surface area contributed by atoms with E-state index in [4.69, 9.17) is 0 Å². The summed E-state index contributed by atoms with van der Waals surface area (Å²) in [6.07, 6.45) is 4.73. The number of hydrogen-bond acceptors (Lipinski definition) is 3. The highest BCUT2D eigenvalue weighted by Crippen LogP contribution is 2.22. The third kappa shape index (κ3) is 3.75. The average molecular weight is 344 g/mol. The molecule has 0 saturated carbocycles. The summed E-state index contributed by atoms with van der Waals surface area (Å²) in [5.74, 6) is 2.14. The van der Waals surface area contributed by atoms with Gasteiger partial charge < -0.3 is 10.2 Å². The molecule has 0 radical (unpaired) electrons. The van der Waals surface area contributed by atoms with Crippen LogP contribution in [0.2, 0.25) is 0 Å². The van der Waals surface area contributed by atoms with Gasteiger partial charge in [-0.15, -0.1) is 0 Å². The van der Waals surface area contributed by atoms with Gasteiger partial charge in [-0.25, -0.2) is 9.48 Å². The SMILES string of the molecule is CC(NC(=O)N1CCSCCC1C)c1ccccc1-n1cccn1. The zero-order valence-corrected chi connectivity index (χ0v) is 15.0. The summed E-state index contributed by atoms with van der Waals surface area (Å²) in [6, 6.07) is 10.2. The molecular formula is C18H24N4OS. The fourth-order valence-corrected chi connectivity index (χ4v) is 4.05. The lowest BCUT2D eigenvalue weighted by atomic mass is 10.1. The molecule has 2 aromatic rings. The van der Waals surface area contributed by atoms with Gasteiger partial charge in [-0.2, -0.15) is 16.9 Å². The number of hydrogen-bond donors (Lipinski definition) is 1. The van der Waals surface area contributed by atoms with E-state index in [9.17, 15) is 4.79 Å². The molecule has 1 aliphatic heterocycles. The number of aromatic nitrogens is 2. The summed E-state index contributed by atoms with van der Waals surface area (Å²) < 4.78 is 1.84. The summed E-state index contributed by atoms with van der Waals surface area (Å²) in [4.78, 5) is 14.7. The van der Waals surface area contributed by atoms with Crippen molar-refractivity contribution in [3.8, 4) is 5.69 Å². The van der Waals surface area contributed by atoms with Gasteiger partial charge in [0.05, 0.1) is 11.7 Å². The van der Waals surface area contributed by atoms with Gasteiger partial charge >= 0.3 is 6.03 Å². The minimum Gasteiger partial charge on any atom is -0.331 e. The molecule has 1 aromatic heterocycles. The van der Waals surface area contributed by atoms with Gasteiger partial charge in [0, 0.05) is 30.7 Å². The first-order chi connectivity index (χ1) is 11.7. The van der Waals surface area contributed by atoms with E-state index < -0.39 is 0 Å². The molecule has 2 amide bonds. The van der Waals surface area contributed by atoms with Crippen LogP contribution in [-0.4, -0.2) is 44.8 Å². The molecule has 0 aliphatic carbocycles. The highest BCUT2D eigenvalue weighted by molar-refractivity contribution is 7.99. The second-order valence-corrected chi connectivity index (χ2v) is 7.35. The minimum absolute atomic E-state index is 0.0211. The first-order valence-electron chi connectivity index (χ1n) is 8.40. The first-order valence-corrected chi connectivity index (χ1v) is 9.56. The molecular weight excluding hydrogens is 320 g/mol. The second-order valence-electron chi connectivity index (χ2n) is 6.12. The number of urea groups is 1. The van der Waals surface area contributed by atoms with Crippen molar-refractivity contribution in [3.63, 3.8) is 0 Å². The molecule has 0 spiro atoms. The maximum absolute atomic E-state index is 12.7. The van der Waals surface area contributed by atoms with Crippen molar-refractivity contribution >= 4 is 17.8 Å². The zero-order valence-electron chi connectivity index (χ0n) is 14.2. The third-order valence-electron chi connectivity index (χ3n) is 4.44. The van der Waals surface area contributed by atoms with Gasteiger partial charge in [0.15, 0.2) is 0 Å². The van der Waals surface area contributed by atoms with Gasteiger partial charge in [-0.05, 0) is 43.7 Å². The van der Waals surface area contributed by atoms with Crippen LogP contribution >= 0.6 is 11.8 Å². The summed E-state index contributed by atoms with van der Waals surface area (Å²) in [5.41, 5.74) is 2.06. The van der Waals surface area contributed by atoms with E-state index in [2.05, 4.69) is 17.3 Å². The van der Waals surface area contributed by atoms with Crippen LogP contribution in [0.25, 0.3) is 5.69 Å². The smallest absolute Gasteiger partial charge is 0.318 e. The van der Waals surface area contributed by atoms with Crippen molar-refractivity contribution in [2.45, 2.75) is 32.4 Å². The highest BCUT2D eigenvalue weighted by atomic mass is 32.2. The van der Waals surface area contributed by atoms with Crippen molar-refractivity contribution in [3.05, 3.63) is 48.3 Å². The Morgan fingerprint density at radius 3 is 2.96 bits per heavy atom. The van der Waals surface area contributed by atoms with E-state index in [0.717, 1.165) is 35.7 Å². The van der Waals surface area contributed by atoms with Crippen molar-refractivity contribution in [1.82, 2.24) is 20.0 Å². The van der Waals surface area contributed by atoms with Crippen molar-refractivity contribution in [1.29, 1.82) is 0 Å². The Labute approximate surface area is 147 Å². The van der Waals surface area contributed by atoms with Crippen LogP contribution < -0.4 is 5.32 Å². The predicted octanol–water partition coefficient (Wildman–Crippen LogP) is 3.47. The Morgan fingerprint density at radius 2 is 2.17 bits per heavy atom. The summed E-state index contributed by atoms with van der Waals surface area (Å²) in [5, 5.41) is 7.48. The number of carbonyl (C=O) groups excluding carboxylic acids is 1. The normalized spacial score (nSPS) is 19.6. The summed E-state index contributed by atoms with van der Waals surface area (Å²) >= 11 is 1.92. The van der Waals surface area contributed by atoms with Crippen molar-refractivity contribution in [2.75, 3.05) is 18.1 Å². The Balaban J connectivity index is 1.75. The van der Waals surface area contributed by atoms with E-state index in [1.165, 1.54) is 0 Å². The minimum atomic E-state index is -0.0824. The molecule has 5 nitrogen and oxygen atoms in total. The molecule has 1 N–H and O–H groups in total. The number of para-hydroxylation sites is 1. The average Bonchev–Trinajstić information content (AvgIpc) is 3.03. The largest absolute Gasteiger partial charge is 0.331 e. The fourth-order valence-electron chi connectivity index (χ4n) is 3.02. The van der Waals surface area contributed by atoms with Crippen LogP contribution in [0.4, 0.5) is 4.79 Å². The number of nitrogens with zero attached hydrogens (tertiary/aromatic N) is 3. The number of thioether (sulfide) groups is 1. The second kappa shape index (κ2) is 7.75. The third-order valence-corrected chi connectivity index (χ3v) is 5.44. The van der Waals surface area contributed by atoms with Crippen LogP contribution in [0.5, 0.6) is 0 Å². The van der Waals surface area contributed by atoms with Crippen LogP contribution in [-0.2, 0) is 0 Å². The molecule has 2 atom stereocenters. The van der Waals surface area contributed by atoms with E-state index in [1.807, 2.05) is 64.8 Å². The standard InChI is InChI=1S/C18H24N4OS/c1-14-8-12-24-13-11-21(14)18(23)20-15(2)16-6-3-4-7-17(16)22-10-5-9-19-22/h3-7,9-10,14-15H,8,11-13H2,1-2H3,(H,20,23). The fraction of sp³-hybridized carbons (Fsp3) is 0.444. The lowest BCUT2D eigenvalue weighted by molar-refractivity contribution is 0.180. The van der Waals surface area contributed by atoms with Crippen LogP contribution in [0.3, 0.4) is 0 Å². The molecule has 1 saturated heterocycles. The Hall–Kier alpha value is -1.95. The molecule has 0 bridgehead atoms. The Bertz CT molecular complexity index is 673. The molecule has 1 aliphatic rings. The molecule has 2 unspecified atom stereocenters. The van der Waals surface area contributed by atoms with Gasteiger partial charge in [0.25, 0.3) is 0 Å². The highest BCUT2D eigenvalue weighted by Gasteiger charge is 2.24. The van der Waals surface area contributed by atoms with Crippen molar-refractivity contribution in [2.24, 2.45) is 0 Å². The topological polar surface area (TPSA) is 50.2 Å². The van der Waals surface area contributed by atoms with Crippen LogP contribution in [0, 0.1) is 0 Å². The predicted molar refractivity (Wildman–Crippen MR) is 98.6 cm³/mol. The maximum atomic E-state index is 12.7. The molecule has 24 heavy (non-hydrogen) atoms. The molecule has 2 heterocycles. The number of rotatable bonds is 3. The number of benzene rings is 1. The molecule has 3 rings (SSSR count). The van der Waals surface area contributed by atoms with E-state index >= 15 is 0 Å². The van der Waals surface area contributed by atoms with Crippen LogP contribution in [0.15, 0.2) is 42.7 Å². The lowest BCUT2D eigenvalue weighted by Crippen LogP contribution is -2.46. The summed E-state index contributed by atoms with van der Waals surface area (Å²) in [7, 11) is 0. The monoisotopic (exact) mass is 344 g/mol.